The fraction of sp³-hybridized carbons (Fsp3) is 0.130. The lowest BCUT2D eigenvalue weighted by Gasteiger charge is -2.07. The highest BCUT2D eigenvalue weighted by atomic mass is 16.5. The number of hydrogen-bond donors (Lipinski definition) is 2. The summed E-state index contributed by atoms with van der Waals surface area (Å²) in [6.45, 7) is 2.01. The molecule has 5 nitrogen and oxygen atoms in total. The van der Waals surface area contributed by atoms with Gasteiger partial charge < -0.3 is 14.8 Å². The van der Waals surface area contributed by atoms with E-state index in [1.165, 1.54) is 6.07 Å². The standard InChI is InChI=1S/C23H20N2O3/c1-14-11-17-18(12-16-9-6-10-19(24-16)23(26)27)22(15-7-4-3-5-8-15)25-20(17)13-21(14)28-2/h3-11,13,25H,12H2,1-2H3,(H,26,27). The molecule has 28 heavy (non-hydrogen) atoms. The highest BCUT2D eigenvalue weighted by molar-refractivity contribution is 5.92. The highest BCUT2D eigenvalue weighted by Gasteiger charge is 2.17. The van der Waals surface area contributed by atoms with Crippen LogP contribution in [-0.2, 0) is 6.42 Å². The Kier molecular flexibility index (Phi) is 4.57. The molecule has 0 unspecified atom stereocenters. The number of carboxylic acid groups (broad SMARTS) is 1. The van der Waals surface area contributed by atoms with Crippen LogP contribution >= 0.6 is 0 Å². The summed E-state index contributed by atoms with van der Waals surface area (Å²) in [5.41, 5.74) is 5.95. The molecule has 0 aliphatic rings. The molecule has 0 atom stereocenters. The summed E-state index contributed by atoms with van der Waals surface area (Å²) in [5, 5.41) is 10.3. The lowest BCUT2D eigenvalue weighted by molar-refractivity contribution is 0.0690. The Labute approximate surface area is 162 Å². The normalized spacial score (nSPS) is 10.9. The van der Waals surface area contributed by atoms with Gasteiger partial charge in [0.1, 0.15) is 11.4 Å². The van der Waals surface area contributed by atoms with E-state index in [9.17, 15) is 9.90 Å². The molecular formula is C23H20N2O3. The van der Waals surface area contributed by atoms with Gasteiger partial charge in [-0.2, -0.15) is 0 Å². The monoisotopic (exact) mass is 372 g/mol. The minimum absolute atomic E-state index is 0.0523. The van der Waals surface area contributed by atoms with E-state index in [1.54, 1.807) is 13.2 Å². The molecule has 5 heteroatoms. The van der Waals surface area contributed by atoms with Crippen molar-refractivity contribution in [2.75, 3.05) is 7.11 Å². The topological polar surface area (TPSA) is 75.2 Å². The van der Waals surface area contributed by atoms with Crippen LogP contribution < -0.4 is 4.74 Å². The molecule has 4 aromatic rings. The number of fused-ring (bicyclic) bond motifs is 1. The minimum Gasteiger partial charge on any atom is -0.496 e. The molecule has 4 rings (SSSR count). The number of benzene rings is 2. The first-order valence-electron chi connectivity index (χ1n) is 9.00. The molecule has 0 aliphatic heterocycles. The van der Waals surface area contributed by atoms with Crippen molar-refractivity contribution in [1.29, 1.82) is 0 Å². The Bertz CT molecular complexity index is 1160. The van der Waals surface area contributed by atoms with E-state index in [1.807, 2.05) is 37.3 Å². The van der Waals surface area contributed by atoms with Gasteiger partial charge in [0, 0.05) is 29.1 Å². The minimum atomic E-state index is -1.02. The van der Waals surface area contributed by atoms with Crippen LogP contribution in [0.2, 0.25) is 0 Å². The second kappa shape index (κ2) is 7.19. The van der Waals surface area contributed by atoms with Gasteiger partial charge in [-0.3, -0.25) is 0 Å². The predicted octanol–water partition coefficient (Wildman–Crippen LogP) is 4.84. The van der Waals surface area contributed by atoms with Gasteiger partial charge in [-0.15, -0.1) is 0 Å². The second-order valence-corrected chi connectivity index (χ2v) is 6.71. The molecular weight excluding hydrogens is 352 g/mol. The van der Waals surface area contributed by atoms with Gasteiger partial charge in [0.15, 0.2) is 0 Å². The molecule has 0 radical (unpaired) electrons. The van der Waals surface area contributed by atoms with Gasteiger partial charge in [-0.1, -0.05) is 36.4 Å². The van der Waals surface area contributed by atoms with E-state index in [2.05, 4.69) is 28.2 Å². The van der Waals surface area contributed by atoms with Crippen molar-refractivity contribution in [2.24, 2.45) is 0 Å². The fourth-order valence-electron chi connectivity index (χ4n) is 3.52. The van der Waals surface area contributed by atoms with Crippen molar-refractivity contribution in [1.82, 2.24) is 9.97 Å². The lowest BCUT2D eigenvalue weighted by Crippen LogP contribution is -2.03. The van der Waals surface area contributed by atoms with Crippen LogP contribution in [0.4, 0.5) is 0 Å². The van der Waals surface area contributed by atoms with E-state index in [0.29, 0.717) is 12.1 Å². The first kappa shape index (κ1) is 17.8. The van der Waals surface area contributed by atoms with Gasteiger partial charge in [-0.25, -0.2) is 9.78 Å². The molecule has 2 aromatic heterocycles. The lowest BCUT2D eigenvalue weighted by atomic mass is 9.99. The Morgan fingerprint density at radius 1 is 1.11 bits per heavy atom. The highest BCUT2D eigenvalue weighted by Crippen LogP contribution is 2.35. The molecule has 0 bridgehead atoms. The van der Waals surface area contributed by atoms with Crippen LogP contribution in [0.15, 0.2) is 60.7 Å². The maximum absolute atomic E-state index is 11.3. The molecule has 0 spiro atoms. The quantitative estimate of drug-likeness (QED) is 0.526. The maximum atomic E-state index is 11.3. The molecule has 140 valence electrons. The van der Waals surface area contributed by atoms with Crippen molar-refractivity contribution in [3.05, 3.63) is 83.2 Å². The van der Waals surface area contributed by atoms with Crippen LogP contribution in [0.5, 0.6) is 5.75 Å². The van der Waals surface area contributed by atoms with Crippen LogP contribution in [0.3, 0.4) is 0 Å². The Hall–Kier alpha value is -3.60. The number of aromatic nitrogens is 2. The average Bonchev–Trinajstić information content (AvgIpc) is 3.05. The fourth-order valence-corrected chi connectivity index (χ4v) is 3.52. The number of carbonyl (C=O) groups is 1. The van der Waals surface area contributed by atoms with Crippen molar-refractivity contribution in [3.63, 3.8) is 0 Å². The van der Waals surface area contributed by atoms with Gasteiger partial charge in [-0.05, 0) is 41.8 Å². The van der Waals surface area contributed by atoms with Gasteiger partial charge in [0.25, 0.3) is 0 Å². The zero-order valence-corrected chi connectivity index (χ0v) is 15.7. The third-order valence-corrected chi connectivity index (χ3v) is 4.87. The van der Waals surface area contributed by atoms with Crippen LogP contribution in [0.1, 0.15) is 27.3 Å². The molecule has 0 aliphatic carbocycles. The molecule has 2 N–H and O–H groups in total. The largest absolute Gasteiger partial charge is 0.496 e. The number of pyridine rings is 1. The summed E-state index contributed by atoms with van der Waals surface area (Å²) in [6, 6.07) is 19.3. The van der Waals surface area contributed by atoms with Crippen molar-refractivity contribution >= 4 is 16.9 Å². The summed E-state index contributed by atoms with van der Waals surface area (Å²) in [4.78, 5) is 19.1. The number of ether oxygens (including phenoxy) is 1. The van der Waals surface area contributed by atoms with Crippen LogP contribution in [0, 0.1) is 6.92 Å². The third-order valence-electron chi connectivity index (χ3n) is 4.87. The molecule has 0 fully saturated rings. The van der Waals surface area contributed by atoms with Crippen molar-refractivity contribution in [3.8, 4) is 17.0 Å². The smallest absolute Gasteiger partial charge is 0.354 e. The summed E-state index contributed by atoms with van der Waals surface area (Å²) in [7, 11) is 1.66. The Balaban J connectivity index is 1.90. The average molecular weight is 372 g/mol. The van der Waals surface area contributed by atoms with E-state index < -0.39 is 5.97 Å². The summed E-state index contributed by atoms with van der Waals surface area (Å²) in [6.07, 6.45) is 0.525. The molecule has 2 heterocycles. The number of H-pyrrole nitrogens is 1. The van der Waals surface area contributed by atoms with Crippen LogP contribution in [0.25, 0.3) is 22.2 Å². The van der Waals surface area contributed by atoms with Gasteiger partial charge in [0.2, 0.25) is 0 Å². The van der Waals surface area contributed by atoms with Crippen LogP contribution in [-0.4, -0.2) is 28.2 Å². The molecule has 0 saturated heterocycles. The summed E-state index contributed by atoms with van der Waals surface area (Å²) in [5.74, 6) is -0.199. The SMILES string of the molecule is COc1cc2[nH]c(-c3ccccc3)c(Cc3cccc(C(=O)O)n3)c2cc1C. The first-order chi connectivity index (χ1) is 13.6. The first-order valence-corrected chi connectivity index (χ1v) is 9.00. The van der Waals surface area contributed by atoms with Gasteiger partial charge in [0.05, 0.1) is 12.8 Å². The maximum Gasteiger partial charge on any atom is 0.354 e. The number of nitrogens with zero attached hydrogens (tertiary/aromatic N) is 1. The number of carboxylic acids is 1. The number of aromatic carboxylic acids is 1. The number of aryl methyl sites for hydroxylation is 1. The molecule has 0 amide bonds. The summed E-state index contributed by atoms with van der Waals surface area (Å²) >= 11 is 0. The number of aromatic amines is 1. The number of methoxy groups -OCH3 is 1. The predicted molar refractivity (Wildman–Crippen MR) is 109 cm³/mol. The van der Waals surface area contributed by atoms with Gasteiger partial charge >= 0.3 is 5.97 Å². The third kappa shape index (κ3) is 3.22. The second-order valence-electron chi connectivity index (χ2n) is 6.71. The van der Waals surface area contributed by atoms with Crippen molar-refractivity contribution < 1.29 is 14.6 Å². The molecule has 2 aromatic carbocycles. The van der Waals surface area contributed by atoms with E-state index in [0.717, 1.165) is 39.0 Å². The number of hydrogen-bond acceptors (Lipinski definition) is 3. The van der Waals surface area contributed by atoms with E-state index in [-0.39, 0.29) is 5.69 Å². The summed E-state index contributed by atoms with van der Waals surface area (Å²) < 4.78 is 5.47. The number of nitrogens with one attached hydrogen (secondary N) is 1. The van der Waals surface area contributed by atoms with E-state index >= 15 is 0 Å². The van der Waals surface area contributed by atoms with Crippen molar-refractivity contribution in [2.45, 2.75) is 13.3 Å². The number of rotatable bonds is 5. The Morgan fingerprint density at radius 2 is 1.89 bits per heavy atom. The Morgan fingerprint density at radius 3 is 2.61 bits per heavy atom. The van der Waals surface area contributed by atoms with E-state index in [4.69, 9.17) is 4.74 Å². The zero-order valence-electron chi connectivity index (χ0n) is 15.7. The zero-order chi connectivity index (χ0) is 19.7. The molecule has 0 saturated carbocycles.